The molecule has 0 saturated carbocycles. The molecule has 26 heavy (non-hydrogen) atoms. The van der Waals surface area contributed by atoms with E-state index in [-0.39, 0.29) is 28.7 Å². The highest BCUT2D eigenvalue weighted by molar-refractivity contribution is 7.89. The molecule has 1 amide bonds. The van der Waals surface area contributed by atoms with Crippen LogP contribution in [0.3, 0.4) is 0 Å². The first-order valence-electron chi connectivity index (χ1n) is 7.93. The third kappa shape index (κ3) is 3.90. The van der Waals surface area contributed by atoms with Crippen LogP contribution in [0.25, 0.3) is 0 Å². The molecule has 11 heteroatoms. The Morgan fingerprint density at radius 2 is 2.08 bits per heavy atom. The second kappa shape index (κ2) is 7.74. The number of aryl methyl sites for hydroxylation is 1. The fourth-order valence-electron chi connectivity index (χ4n) is 2.39. The minimum Gasteiger partial charge on any atom is -0.379 e. The van der Waals surface area contributed by atoms with Crippen LogP contribution in [-0.2, 0) is 21.2 Å². The molecule has 0 unspecified atom stereocenters. The summed E-state index contributed by atoms with van der Waals surface area (Å²) in [4.78, 5) is 12.2. The molecule has 0 aliphatic carbocycles. The highest BCUT2D eigenvalue weighted by Gasteiger charge is 2.28. The fourth-order valence-corrected chi connectivity index (χ4v) is 4.50. The zero-order valence-corrected chi connectivity index (χ0v) is 15.6. The van der Waals surface area contributed by atoms with Gasteiger partial charge in [0.15, 0.2) is 0 Å². The summed E-state index contributed by atoms with van der Waals surface area (Å²) in [7, 11) is -3.83. The minimum atomic E-state index is -3.83. The maximum absolute atomic E-state index is 14.1. The predicted molar refractivity (Wildman–Crippen MR) is 93.2 cm³/mol. The maximum Gasteiger partial charge on any atom is 0.260 e. The monoisotopic (exact) mass is 400 g/mol. The summed E-state index contributed by atoms with van der Waals surface area (Å²) < 4.78 is 45.8. The lowest BCUT2D eigenvalue weighted by Crippen LogP contribution is -2.40. The van der Waals surface area contributed by atoms with Crippen LogP contribution in [0.2, 0.25) is 0 Å². The van der Waals surface area contributed by atoms with Gasteiger partial charge < -0.3 is 4.74 Å². The van der Waals surface area contributed by atoms with Gasteiger partial charge in [0.2, 0.25) is 15.2 Å². The number of aromatic nitrogens is 2. The normalized spacial score (nSPS) is 15.8. The molecule has 0 bridgehead atoms. The SMILES string of the molecule is CCc1nnc(NC(=O)c2cc(S(=O)(=O)N3CCOCC3)ccc2F)s1. The average Bonchev–Trinajstić information content (AvgIpc) is 3.10. The number of carbonyl (C=O) groups is 1. The van der Waals surface area contributed by atoms with E-state index in [0.29, 0.717) is 19.6 Å². The number of nitrogens with zero attached hydrogens (tertiary/aromatic N) is 3. The zero-order valence-electron chi connectivity index (χ0n) is 13.9. The van der Waals surface area contributed by atoms with Crippen molar-refractivity contribution in [1.29, 1.82) is 0 Å². The Morgan fingerprint density at radius 3 is 2.73 bits per heavy atom. The fraction of sp³-hybridized carbons (Fsp3) is 0.400. The first-order chi connectivity index (χ1) is 12.4. The van der Waals surface area contributed by atoms with Crippen LogP contribution in [-0.4, -0.2) is 55.1 Å². The van der Waals surface area contributed by atoms with Crippen LogP contribution in [0.4, 0.5) is 9.52 Å². The quantitative estimate of drug-likeness (QED) is 0.816. The zero-order chi connectivity index (χ0) is 18.7. The van der Waals surface area contributed by atoms with Gasteiger partial charge in [-0.15, -0.1) is 10.2 Å². The number of anilines is 1. The standard InChI is InChI=1S/C15H17FN4O4S2/c1-2-13-18-19-15(25-13)17-14(21)11-9-10(3-4-12(11)16)26(22,23)20-5-7-24-8-6-20/h3-4,9H,2,5-8H2,1H3,(H,17,19,21). The summed E-state index contributed by atoms with van der Waals surface area (Å²) in [6, 6.07) is 3.16. The molecule has 1 aliphatic heterocycles. The third-order valence-corrected chi connectivity index (χ3v) is 6.66. The van der Waals surface area contributed by atoms with Crippen LogP contribution < -0.4 is 5.32 Å². The minimum absolute atomic E-state index is 0.141. The van der Waals surface area contributed by atoms with Gasteiger partial charge in [0.25, 0.3) is 5.91 Å². The van der Waals surface area contributed by atoms with Crippen LogP contribution >= 0.6 is 11.3 Å². The van der Waals surface area contributed by atoms with Crippen molar-refractivity contribution >= 4 is 32.4 Å². The summed E-state index contributed by atoms with van der Waals surface area (Å²) in [5.41, 5.74) is -0.368. The van der Waals surface area contributed by atoms with Gasteiger partial charge in [-0.25, -0.2) is 12.8 Å². The van der Waals surface area contributed by atoms with Gasteiger partial charge in [-0.3, -0.25) is 10.1 Å². The molecule has 3 rings (SSSR count). The van der Waals surface area contributed by atoms with Crippen molar-refractivity contribution in [2.24, 2.45) is 0 Å². The smallest absolute Gasteiger partial charge is 0.260 e. The lowest BCUT2D eigenvalue weighted by atomic mass is 10.2. The van der Waals surface area contributed by atoms with E-state index in [1.54, 1.807) is 0 Å². The number of sulfonamides is 1. The largest absolute Gasteiger partial charge is 0.379 e. The molecule has 8 nitrogen and oxygen atoms in total. The summed E-state index contributed by atoms with van der Waals surface area (Å²) in [6.07, 6.45) is 0.662. The Balaban J connectivity index is 1.86. The number of ether oxygens (including phenoxy) is 1. The van der Waals surface area contributed by atoms with Crippen molar-refractivity contribution in [1.82, 2.24) is 14.5 Å². The Bertz CT molecular complexity index is 910. The predicted octanol–water partition coefficient (Wildman–Crippen LogP) is 1.51. The van der Waals surface area contributed by atoms with Gasteiger partial charge in [-0.2, -0.15) is 4.31 Å². The van der Waals surface area contributed by atoms with E-state index >= 15 is 0 Å². The molecule has 0 spiro atoms. The summed E-state index contributed by atoms with van der Waals surface area (Å²) in [6.45, 7) is 2.92. The second-order valence-electron chi connectivity index (χ2n) is 5.47. The number of carbonyl (C=O) groups excluding carboxylic acids is 1. The van der Waals surface area contributed by atoms with E-state index in [1.807, 2.05) is 6.92 Å². The number of benzene rings is 1. The molecular weight excluding hydrogens is 383 g/mol. The van der Waals surface area contributed by atoms with Gasteiger partial charge in [0.1, 0.15) is 10.8 Å². The first-order valence-corrected chi connectivity index (χ1v) is 10.2. The second-order valence-corrected chi connectivity index (χ2v) is 8.47. The van der Waals surface area contributed by atoms with Crippen LogP contribution in [0.1, 0.15) is 22.3 Å². The van der Waals surface area contributed by atoms with Crippen LogP contribution in [0.5, 0.6) is 0 Å². The molecular formula is C15H17FN4O4S2. The van der Waals surface area contributed by atoms with Crippen molar-refractivity contribution in [3.8, 4) is 0 Å². The number of morpholine rings is 1. The van der Waals surface area contributed by atoms with E-state index in [0.717, 1.165) is 23.2 Å². The molecule has 1 aliphatic rings. The molecule has 1 saturated heterocycles. The van der Waals surface area contributed by atoms with Crippen molar-refractivity contribution in [3.05, 3.63) is 34.6 Å². The topological polar surface area (TPSA) is 101 Å². The van der Waals surface area contributed by atoms with Crippen molar-refractivity contribution < 1.29 is 22.3 Å². The lowest BCUT2D eigenvalue weighted by Gasteiger charge is -2.26. The number of rotatable bonds is 5. The summed E-state index contributed by atoms with van der Waals surface area (Å²) in [5, 5.41) is 11.1. The molecule has 1 aromatic carbocycles. The van der Waals surface area contributed by atoms with Gasteiger partial charge in [0, 0.05) is 13.1 Å². The van der Waals surface area contributed by atoms with E-state index in [4.69, 9.17) is 4.74 Å². The number of amides is 1. The van der Waals surface area contributed by atoms with Crippen molar-refractivity contribution in [3.63, 3.8) is 0 Å². The molecule has 140 valence electrons. The Hall–Kier alpha value is -1.95. The number of halogens is 1. The maximum atomic E-state index is 14.1. The molecule has 1 aromatic heterocycles. The molecule has 2 heterocycles. The number of hydrogen-bond acceptors (Lipinski definition) is 7. The van der Waals surface area contributed by atoms with Crippen molar-refractivity contribution in [2.45, 2.75) is 18.2 Å². The molecule has 1 N–H and O–H groups in total. The van der Waals surface area contributed by atoms with Crippen molar-refractivity contribution in [2.75, 3.05) is 31.6 Å². The molecule has 1 fully saturated rings. The molecule has 0 atom stereocenters. The lowest BCUT2D eigenvalue weighted by molar-refractivity contribution is 0.0730. The molecule has 2 aromatic rings. The van der Waals surface area contributed by atoms with Gasteiger partial charge in [0.05, 0.1) is 23.7 Å². The van der Waals surface area contributed by atoms with E-state index < -0.39 is 21.7 Å². The van der Waals surface area contributed by atoms with E-state index in [2.05, 4.69) is 15.5 Å². The highest BCUT2D eigenvalue weighted by atomic mass is 32.2. The highest BCUT2D eigenvalue weighted by Crippen LogP contribution is 2.22. The first kappa shape index (κ1) is 18.8. The Morgan fingerprint density at radius 1 is 1.35 bits per heavy atom. The Kier molecular flexibility index (Phi) is 5.61. The third-order valence-electron chi connectivity index (χ3n) is 3.78. The number of hydrogen-bond donors (Lipinski definition) is 1. The Labute approximate surface area is 154 Å². The molecule has 0 radical (unpaired) electrons. The summed E-state index contributed by atoms with van der Waals surface area (Å²) in [5.74, 6) is -1.59. The van der Waals surface area contributed by atoms with Gasteiger partial charge in [-0.05, 0) is 24.6 Å². The van der Waals surface area contributed by atoms with Crippen LogP contribution in [0.15, 0.2) is 23.1 Å². The van der Waals surface area contributed by atoms with E-state index in [9.17, 15) is 17.6 Å². The van der Waals surface area contributed by atoms with Crippen LogP contribution in [0, 0.1) is 5.82 Å². The number of nitrogens with one attached hydrogen (secondary N) is 1. The van der Waals surface area contributed by atoms with Gasteiger partial charge >= 0.3 is 0 Å². The summed E-state index contributed by atoms with van der Waals surface area (Å²) >= 11 is 1.18. The van der Waals surface area contributed by atoms with E-state index in [1.165, 1.54) is 15.6 Å². The van der Waals surface area contributed by atoms with Gasteiger partial charge in [-0.1, -0.05) is 18.3 Å². The average molecular weight is 400 g/mol.